The fraction of sp³-hybridized carbons (Fsp3) is 0.385. The number of benzene rings is 1. The Hall–Kier alpha value is -1.68. The summed E-state index contributed by atoms with van der Waals surface area (Å²) in [7, 11) is 0. The minimum absolute atomic E-state index is 0.285. The van der Waals surface area contributed by atoms with Crippen molar-refractivity contribution in [3.05, 3.63) is 47.5 Å². The van der Waals surface area contributed by atoms with Gasteiger partial charge in [0.1, 0.15) is 11.6 Å². The van der Waals surface area contributed by atoms with E-state index in [1.165, 1.54) is 5.56 Å². The average Bonchev–Trinajstić information content (AvgIpc) is 2.72. The number of fused-ring (bicyclic) bond motifs is 1. The van der Waals surface area contributed by atoms with Crippen LogP contribution in [-0.4, -0.2) is 21.3 Å². The number of nitrogens with one attached hydrogen (secondary N) is 1. The van der Waals surface area contributed by atoms with Crippen LogP contribution in [0.15, 0.2) is 30.3 Å². The summed E-state index contributed by atoms with van der Waals surface area (Å²) in [6.45, 7) is 3.83. The lowest BCUT2D eigenvalue weighted by molar-refractivity contribution is 0.390. The summed E-state index contributed by atoms with van der Waals surface area (Å²) < 4.78 is 2.03. The van der Waals surface area contributed by atoms with Crippen LogP contribution in [0.1, 0.15) is 23.3 Å². The molecule has 0 amide bonds. The van der Waals surface area contributed by atoms with E-state index in [9.17, 15) is 0 Å². The summed E-state index contributed by atoms with van der Waals surface area (Å²) in [6, 6.07) is 10.8. The van der Waals surface area contributed by atoms with Crippen molar-refractivity contribution >= 4 is 0 Å². The van der Waals surface area contributed by atoms with Crippen LogP contribution < -0.4 is 5.32 Å². The number of hydrogen-bond donors (Lipinski definition) is 1. The highest BCUT2D eigenvalue weighted by atomic mass is 15.4. The molecule has 0 saturated carbocycles. The number of aromatic nitrogens is 3. The number of aryl methyl sites for hydroxylation is 1. The van der Waals surface area contributed by atoms with Crippen molar-refractivity contribution in [3.63, 3.8) is 0 Å². The van der Waals surface area contributed by atoms with Gasteiger partial charge in [-0.05, 0) is 18.9 Å². The molecular weight excluding hydrogens is 212 g/mol. The molecule has 0 radical (unpaired) electrons. The topological polar surface area (TPSA) is 42.7 Å². The lowest BCUT2D eigenvalue weighted by Gasteiger charge is -2.23. The second-order valence-corrected chi connectivity index (χ2v) is 4.44. The summed E-state index contributed by atoms with van der Waals surface area (Å²) in [6.07, 6.45) is 0.971. The van der Waals surface area contributed by atoms with Crippen LogP contribution in [0.25, 0.3) is 0 Å². The molecule has 2 heterocycles. The zero-order chi connectivity index (χ0) is 11.7. The molecule has 1 aromatic heterocycles. The standard InChI is InChI=1S/C13H16N4/c1-10-15-13-12(14-7-8-17(13)16-10)9-11-5-3-2-4-6-11/h2-6,12,14H,7-9H2,1H3/t12-/m0/s1. The van der Waals surface area contributed by atoms with E-state index >= 15 is 0 Å². The molecule has 2 aromatic rings. The van der Waals surface area contributed by atoms with Crippen LogP contribution in [0.3, 0.4) is 0 Å². The Morgan fingerprint density at radius 2 is 2.18 bits per heavy atom. The van der Waals surface area contributed by atoms with Crippen molar-refractivity contribution in [3.8, 4) is 0 Å². The Kier molecular flexibility index (Phi) is 2.65. The smallest absolute Gasteiger partial charge is 0.147 e. The third kappa shape index (κ3) is 2.08. The largest absolute Gasteiger partial charge is 0.305 e. The molecule has 1 N–H and O–H groups in total. The molecule has 0 unspecified atom stereocenters. The van der Waals surface area contributed by atoms with Gasteiger partial charge < -0.3 is 5.32 Å². The Balaban J connectivity index is 1.86. The zero-order valence-corrected chi connectivity index (χ0v) is 9.93. The van der Waals surface area contributed by atoms with Gasteiger partial charge in [-0.25, -0.2) is 9.67 Å². The average molecular weight is 228 g/mol. The fourth-order valence-electron chi connectivity index (χ4n) is 2.34. The quantitative estimate of drug-likeness (QED) is 0.846. The van der Waals surface area contributed by atoms with E-state index in [1.807, 2.05) is 17.7 Å². The van der Waals surface area contributed by atoms with Gasteiger partial charge in [0.15, 0.2) is 0 Å². The van der Waals surface area contributed by atoms with E-state index in [4.69, 9.17) is 0 Å². The van der Waals surface area contributed by atoms with Gasteiger partial charge in [-0.3, -0.25) is 0 Å². The lowest BCUT2D eigenvalue weighted by Crippen LogP contribution is -2.35. The molecule has 1 aliphatic heterocycles. The van der Waals surface area contributed by atoms with Crippen molar-refractivity contribution in [1.82, 2.24) is 20.1 Å². The van der Waals surface area contributed by atoms with E-state index in [2.05, 4.69) is 39.7 Å². The molecule has 0 bridgehead atoms. The molecule has 1 atom stereocenters. The van der Waals surface area contributed by atoms with Crippen molar-refractivity contribution < 1.29 is 0 Å². The summed E-state index contributed by atoms with van der Waals surface area (Å²) in [5.74, 6) is 1.93. The fourth-order valence-corrected chi connectivity index (χ4v) is 2.34. The van der Waals surface area contributed by atoms with Crippen LogP contribution in [-0.2, 0) is 13.0 Å². The van der Waals surface area contributed by atoms with Crippen LogP contribution >= 0.6 is 0 Å². The van der Waals surface area contributed by atoms with E-state index in [1.54, 1.807) is 0 Å². The maximum atomic E-state index is 4.52. The first-order chi connectivity index (χ1) is 8.33. The summed E-state index contributed by atoms with van der Waals surface area (Å²) in [5.41, 5.74) is 1.33. The van der Waals surface area contributed by atoms with Gasteiger partial charge >= 0.3 is 0 Å². The number of rotatable bonds is 2. The van der Waals surface area contributed by atoms with Gasteiger partial charge in [0, 0.05) is 6.54 Å². The van der Waals surface area contributed by atoms with Crippen molar-refractivity contribution in [1.29, 1.82) is 0 Å². The van der Waals surface area contributed by atoms with Crippen molar-refractivity contribution in [2.75, 3.05) is 6.54 Å². The molecule has 4 heteroatoms. The van der Waals surface area contributed by atoms with E-state index in [-0.39, 0.29) is 6.04 Å². The van der Waals surface area contributed by atoms with E-state index < -0.39 is 0 Å². The van der Waals surface area contributed by atoms with Crippen LogP contribution in [0.2, 0.25) is 0 Å². The molecule has 0 fully saturated rings. The Labute approximate surface area is 101 Å². The number of nitrogens with zero attached hydrogens (tertiary/aromatic N) is 3. The van der Waals surface area contributed by atoms with Crippen molar-refractivity contribution in [2.24, 2.45) is 0 Å². The molecule has 1 aliphatic rings. The third-order valence-corrected chi connectivity index (χ3v) is 3.11. The first kappa shape index (κ1) is 10.5. The van der Waals surface area contributed by atoms with Crippen LogP contribution in [0, 0.1) is 6.92 Å². The van der Waals surface area contributed by atoms with Gasteiger partial charge in [0.05, 0.1) is 12.6 Å². The molecule has 88 valence electrons. The zero-order valence-electron chi connectivity index (χ0n) is 9.93. The maximum absolute atomic E-state index is 4.52. The predicted octanol–water partition coefficient (Wildman–Crippen LogP) is 1.47. The van der Waals surface area contributed by atoms with Crippen LogP contribution in [0.4, 0.5) is 0 Å². The van der Waals surface area contributed by atoms with Gasteiger partial charge in [0.2, 0.25) is 0 Å². The summed E-state index contributed by atoms with van der Waals surface area (Å²) in [4.78, 5) is 4.52. The second-order valence-electron chi connectivity index (χ2n) is 4.44. The molecule has 1 aromatic carbocycles. The molecule has 0 saturated heterocycles. The van der Waals surface area contributed by atoms with Crippen molar-refractivity contribution in [2.45, 2.75) is 25.9 Å². The van der Waals surface area contributed by atoms with Crippen LogP contribution in [0.5, 0.6) is 0 Å². The summed E-state index contributed by atoms with van der Waals surface area (Å²) in [5, 5.41) is 7.92. The van der Waals surface area contributed by atoms with Gasteiger partial charge in [0.25, 0.3) is 0 Å². The molecular formula is C13H16N4. The lowest BCUT2D eigenvalue weighted by atomic mass is 10.0. The van der Waals surface area contributed by atoms with Gasteiger partial charge in [-0.2, -0.15) is 5.10 Å². The normalized spacial score (nSPS) is 19.0. The minimum Gasteiger partial charge on any atom is -0.305 e. The van der Waals surface area contributed by atoms with E-state index in [0.29, 0.717) is 0 Å². The molecule has 17 heavy (non-hydrogen) atoms. The number of hydrogen-bond acceptors (Lipinski definition) is 3. The maximum Gasteiger partial charge on any atom is 0.147 e. The monoisotopic (exact) mass is 228 g/mol. The Morgan fingerprint density at radius 3 is 3.00 bits per heavy atom. The molecule has 3 rings (SSSR count). The predicted molar refractivity (Wildman–Crippen MR) is 65.6 cm³/mol. The molecule has 4 nitrogen and oxygen atoms in total. The first-order valence-corrected chi connectivity index (χ1v) is 6.01. The highest BCUT2D eigenvalue weighted by molar-refractivity contribution is 5.18. The third-order valence-electron chi connectivity index (χ3n) is 3.11. The highest BCUT2D eigenvalue weighted by Gasteiger charge is 2.22. The highest BCUT2D eigenvalue weighted by Crippen LogP contribution is 2.19. The SMILES string of the molecule is Cc1nc2n(n1)CCN[C@H]2Cc1ccccc1. The molecule has 0 aliphatic carbocycles. The Morgan fingerprint density at radius 1 is 1.35 bits per heavy atom. The van der Waals surface area contributed by atoms with E-state index in [0.717, 1.165) is 31.2 Å². The van der Waals surface area contributed by atoms with Gasteiger partial charge in [-0.15, -0.1) is 0 Å². The minimum atomic E-state index is 0.285. The molecule has 0 spiro atoms. The summed E-state index contributed by atoms with van der Waals surface area (Å²) >= 11 is 0. The first-order valence-electron chi connectivity index (χ1n) is 6.01. The van der Waals surface area contributed by atoms with Gasteiger partial charge in [-0.1, -0.05) is 30.3 Å². The second kappa shape index (κ2) is 4.30. The Bertz CT molecular complexity index is 503.